The quantitative estimate of drug-likeness (QED) is 0.455. The van der Waals surface area contributed by atoms with Crippen molar-refractivity contribution in [3.05, 3.63) is 27.9 Å². The van der Waals surface area contributed by atoms with E-state index in [9.17, 15) is 10.1 Å². The van der Waals surface area contributed by atoms with Crippen molar-refractivity contribution in [1.82, 2.24) is 4.98 Å². The Morgan fingerprint density at radius 1 is 1.62 bits per heavy atom. The molecule has 1 rings (SSSR count). The van der Waals surface area contributed by atoms with Crippen molar-refractivity contribution in [3.63, 3.8) is 0 Å². The lowest BCUT2D eigenvalue weighted by Gasteiger charge is -1.99. The second-order valence-corrected chi connectivity index (χ2v) is 2.78. The zero-order valence-electron chi connectivity index (χ0n) is 6.74. The minimum Gasteiger partial charge on any atom is -0.378 e. The molecule has 2 N–H and O–H groups in total. The topological polar surface area (TPSA) is 82.0 Å². The molecule has 1 heterocycles. The monoisotopic (exact) mass is 201 g/mol. The lowest BCUT2D eigenvalue weighted by Crippen LogP contribution is -2.01. The zero-order valence-corrected chi connectivity index (χ0v) is 7.49. The Labute approximate surface area is 79.7 Å². The standard InChI is InChI=1S/C7H8ClN3O2/c8-4-3-5-1-2-6(11(12)13)7(9)10-5/h1-2H,3-4H2,(H2,9,10). The molecule has 0 saturated heterocycles. The van der Waals surface area contributed by atoms with Crippen molar-refractivity contribution in [1.29, 1.82) is 0 Å². The summed E-state index contributed by atoms with van der Waals surface area (Å²) in [5, 5.41) is 10.4. The molecular weight excluding hydrogens is 194 g/mol. The van der Waals surface area contributed by atoms with Crippen molar-refractivity contribution >= 4 is 23.1 Å². The molecular formula is C7H8ClN3O2. The van der Waals surface area contributed by atoms with Gasteiger partial charge >= 0.3 is 5.69 Å². The van der Waals surface area contributed by atoms with Crippen molar-refractivity contribution in [2.24, 2.45) is 0 Å². The van der Waals surface area contributed by atoms with Crippen LogP contribution in [0.15, 0.2) is 12.1 Å². The number of anilines is 1. The molecule has 0 radical (unpaired) electrons. The number of pyridine rings is 1. The van der Waals surface area contributed by atoms with Crippen LogP contribution in [-0.2, 0) is 6.42 Å². The van der Waals surface area contributed by atoms with Crippen LogP contribution < -0.4 is 5.73 Å². The summed E-state index contributed by atoms with van der Waals surface area (Å²) in [6.07, 6.45) is 0.559. The van der Waals surface area contributed by atoms with E-state index in [1.165, 1.54) is 6.07 Å². The SMILES string of the molecule is Nc1nc(CCCl)ccc1[N+](=O)[O-]. The number of rotatable bonds is 3. The summed E-state index contributed by atoms with van der Waals surface area (Å²) in [7, 11) is 0. The van der Waals surface area contributed by atoms with Gasteiger partial charge in [-0.2, -0.15) is 0 Å². The number of hydrogen-bond donors (Lipinski definition) is 1. The molecule has 70 valence electrons. The van der Waals surface area contributed by atoms with E-state index in [0.717, 1.165) is 0 Å². The predicted molar refractivity (Wildman–Crippen MR) is 49.7 cm³/mol. The maximum atomic E-state index is 10.4. The number of aromatic nitrogens is 1. The molecule has 0 aromatic carbocycles. The van der Waals surface area contributed by atoms with Gasteiger partial charge < -0.3 is 5.73 Å². The molecule has 0 aliphatic heterocycles. The maximum Gasteiger partial charge on any atom is 0.311 e. The number of nitro groups is 1. The Hall–Kier alpha value is -1.36. The van der Waals surface area contributed by atoms with Crippen molar-refractivity contribution in [2.75, 3.05) is 11.6 Å². The van der Waals surface area contributed by atoms with Crippen LogP contribution in [0, 0.1) is 10.1 Å². The number of hydrogen-bond acceptors (Lipinski definition) is 4. The van der Waals surface area contributed by atoms with E-state index in [1.807, 2.05) is 0 Å². The highest BCUT2D eigenvalue weighted by Crippen LogP contribution is 2.18. The van der Waals surface area contributed by atoms with E-state index < -0.39 is 4.92 Å². The van der Waals surface area contributed by atoms with Crippen molar-refractivity contribution in [2.45, 2.75) is 6.42 Å². The number of nitrogen functional groups attached to an aromatic ring is 1. The summed E-state index contributed by atoms with van der Waals surface area (Å²) in [6, 6.07) is 2.89. The lowest BCUT2D eigenvalue weighted by atomic mass is 10.3. The fraction of sp³-hybridized carbons (Fsp3) is 0.286. The van der Waals surface area contributed by atoms with Crippen LogP contribution in [0.25, 0.3) is 0 Å². The second kappa shape index (κ2) is 4.04. The van der Waals surface area contributed by atoms with Gasteiger partial charge in [0.2, 0.25) is 5.82 Å². The minimum absolute atomic E-state index is 0.0624. The number of alkyl halides is 1. The molecule has 0 spiro atoms. The maximum absolute atomic E-state index is 10.4. The fourth-order valence-electron chi connectivity index (χ4n) is 0.900. The van der Waals surface area contributed by atoms with Crippen LogP contribution in [0.3, 0.4) is 0 Å². The number of nitrogens with zero attached hydrogens (tertiary/aromatic N) is 2. The molecule has 0 aliphatic rings. The van der Waals surface area contributed by atoms with Gasteiger partial charge in [-0.3, -0.25) is 10.1 Å². The third-order valence-corrected chi connectivity index (χ3v) is 1.70. The first kappa shape index (κ1) is 9.73. The Morgan fingerprint density at radius 2 is 2.31 bits per heavy atom. The van der Waals surface area contributed by atoms with Crippen LogP contribution in [0.1, 0.15) is 5.69 Å². The highest BCUT2D eigenvalue weighted by Gasteiger charge is 2.12. The summed E-state index contributed by atoms with van der Waals surface area (Å²) in [5.41, 5.74) is 5.85. The molecule has 0 amide bonds. The first-order valence-electron chi connectivity index (χ1n) is 3.61. The van der Waals surface area contributed by atoms with Gasteiger partial charge in [0, 0.05) is 24.1 Å². The zero-order chi connectivity index (χ0) is 9.84. The van der Waals surface area contributed by atoms with E-state index in [1.54, 1.807) is 6.07 Å². The molecule has 13 heavy (non-hydrogen) atoms. The molecule has 0 saturated carbocycles. The van der Waals surface area contributed by atoms with Gasteiger partial charge in [-0.15, -0.1) is 11.6 Å². The molecule has 0 fully saturated rings. The van der Waals surface area contributed by atoms with E-state index in [2.05, 4.69) is 4.98 Å². The molecule has 0 bridgehead atoms. The average molecular weight is 202 g/mol. The highest BCUT2D eigenvalue weighted by molar-refractivity contribution is 6.17. The summed E-state index contributed by atoms with van der Waals surface area (Å²) in [5.74, 6) is 0.358. The average Bonchev–Trinajstić information content (AvgIpc) is 2.04. The summed E-state index contributed by atoms with van der Waals surface area (Å²) in [6.45, 7) is 0. The highest BCUT2D eigenvalue weighted by atomic mass is 35.5. The smallest absolute Gasteiger partial charge is 0.311 e. The van der Waals surface area contributed by atoms with Crippen molar-refractivity contribution in [3.8, 4) is 0 Å². The molecule has 0 unspecified atom stereocenters. The van der Waals surface area contributed by atoms with Gasteiger partial charge in [0.15, 0.2) is 0 Å². The van der Waals surface area contributed by atoms with Gasteiger partial charge in [-0.05, 0) is 6.07 Å². The van der Waals surface area contributed by atoms with E-state index >= 15 is 0 Å². The second-order valence-electron chi connectivity index (χ2n) is 2.40. The Kier molecular flexibility index (Phi) is 3.02. The molecule has 0 atom stereocenters. The van der Waals surface area contributed by atoms with Crippen LogP contribution in [0.2, 0.25) is 0 Å². The van der Waals surface area contributed by atoms with E-state index in [4.69, 9.17) is 17.3 Å². The van der Waals surface area contributed by atoms with Gasteiger partial charge in [0.05, 0.1) is 4.92 Å². The van der Waals surface area contributed by atoms with Gasteiger partial charge in [0.25, 0.3) is 0 Å². The molecule has 1 aromatic rings. The number of aryl methyl sites for hydroxylation is 1. The normalized spacial score (nSPS) is 9.92. The summed E-state index contributed by atoms with van der Waals surface area (Å²) in [4.78, 5) is 13.6. The Balaban J connectivity index is 2.98. The van der Waals surface area contributed by atoms with E-state index in [-0.39, 0.29) is 11.5 Å². The van der Waals surface area contributed by atoms with Crippen LogP contribution in [-0.4, -0.2) is 15.8 Å². The summed E-state index contributed by atoms with van der Waals surface area (Å²) >= 11 is 5.48. The first-order chi connectivity index (χ1) is 6.15. The number of halogens is 1. The number of nitrogens with two attached hydrogens (primary N) is 1. The predicted octanol–water partition coefficient (Wildman–Crippen LogP) is 1.35. The molecule has 0 aliphatic carbocycles. The third kappa shape index (κ3) is 2.29. The van der Waals surface area contributed by atoms with Gasteiger partial charge in [-0.1, -0.05) is 0 Å². The molecule has 1 aromatic heterocycles. The largest absolute Gasteiger partial charge is 0.378 e. The Bertz CT molecular complexity index is 330. The van der Waals surface area contributed by atoms with Crippen LogP contribution in [0.5, 0.6) is 0 Å². The lowest BCUT2D eigenvalue weighted by molar-refractivity contribution is -0.384. The van der Waals surface area contributed by atoms with Gasteiger partial charge in [0.1, 0.15) is 0 Å². The molecule has 6 heteroatoms. The third-order valence-electron chi connectivity index (χ3n) is 1.51. The van der Waals surface area contributed by atoms with Crippen molar-refractivity contribution < 1.29 is 4.92 Å². The van der Waals surface area contributed by atoms with E-state index in [0.29, 0.717) is 18.0 Å². The van der Waals surface area contributed by atoms with Crippen LogP contribution >= 0.6 is 11.6 Å². The summed E-state index contributed by atoms with van der Waals surface area (Å²) < 4.78 is 0. The first-order valence-corrected chi connectivity index (χ1v) is 4.14. The van der Waals surface area contributed by atoms with Crippen LogP contribution in [0.4, 0.5) is 11.5 Å². The van der Waals surface area contributed by atoms with Gasteiger partial charge in [-0.25, -0.2) is 4.98 Å². The minimum atomic E-state index is -0.563. The molecule has 5 nitrogen and oxygen atoms in total. The fourth-order valence-corrected chi connectivity index (χ4v) is 1.09. The Morgan fingerprint density at radius 3 is 2.77 bits per heavy atom.